The molecule has 0 radical (unpaired) electrons. The highest BCUT2D eigenvalue weighted by Gasteiger charge is 2.30. The maximum Gasteiger partial charge on any atom is 0.225 e. The molecule has 2 unspecified atom stereocenters. The highest BCUT2D eigenvalue weighted by atomic mass is 16.5. The molecule has 2 rings (SSSR count). The smallest absolute Gasteiger partial charge is 0.225 e. The van der Waals surface area contributed by atoms with E-state index in [1.165, 1.54) is 5.57 Å². The zero-order chi connectivity index (χ0) is 12.1. The van der Waals surface area contributed by atoms with Crippen LogP contribution < -0.4 is 10.6 Å². The predicted molar refractivity (Wildman–Crippen MR) is 66.7 cm³/mol. The zero-order valence-corrected chi connectivity index (χ0v) is 10.5. The Bertz CT molecular complexity index is 302. The van der Waals surface area contributed by atoms with Crippen LogP contribution in [0.3, 0.4) is 0 Å². The molecule has 2 atom stereocenters. The second-order valence-electron chi connectivity index (χ2n) is 4.83. The summed E-state index contributed by atoms with van der Waals surface area (Å²) >= 11 is 0. The van der Waals surface area contributed by atoms with Crippen LogP contribution in [0.2, 0.25) is 0 Å². The van der Waals surface area contributed by atoms with Gasteiger partial charge in [-0.15, -0.1) is 0 Å². The molecule has 4 heteroatoms. The molecule has 1 fully saturated rings. The first kappa shape index (κ1) is 12.6. The van der Waals surface area contributed by atoms with Gasteiger partial charge in [-0.25, -0.2) is 0 Å². The summed E-state index contributed by atoms with van der Waals surface area (Å²) in [5, 5.41) is 6.31. The molecule has 0 saturated carbocycles. The van der Waals surface area contributed by atoms with Crippen LogP contribution in [0.25, 0.3) is 0 Å². The highest BCUT2D eigenvalue weighted by Crippen LogP contribution is 2.20. The van der Waals surface area contributed by atoms with E-state index in [4.69, 9.17) is 4.74 Å². The number of hydrogen-bond acceptors (Lipinski definition) is 3. The maximum absolute atomic E-state index is 11.9. The number of carbonyl (C=O) groups is 1. The molecule has 4 nitrogen and oxygen atoms in total. The summed E-state index contributed by atoms with van der Waals surface area (Å²) < 4.78 is 5.40. The van der Waals surface area contributed by atoms with Crippen LogP contribution >= 0.6 is 0 Å². The molecule has 2 aliphatic rings. The van der Waals surface area contributed by atoms with Gasteiger partial charge < -0.3 is 15.4 Å². The van der Waals surface area contributed by atoms with Crippen molar-refractivity contribution < 1.29 is 9.53 Å². The van der Waals surface area contributed by atoms with Crippen LogP contribution in [0.1, 0.15) is 26.2 Å². The molecule has 1 saturated heterocycles. The largest absolute Gasteiger partial charge is 0.378 e. The Balaban J connectivity index is 1.67. The molecule has 0 aromatic heterocycles. The SMILES string of the molecule is CC1OCCC1C(=O)NCCC1=CCNCC1. The van der Waals surface area contributed by atoms with Gasteiger partial charge in [-0.2, -0.15) is 0 Å². The number of carbonyl (C=O) groups excluding carboxylic acids is 1. The minimum atomic E-state index is 0.0528. The second kappa shape index (κ2) is 6.17. The Morgan fingerprint density at radius 1 is 1.65 bits per heavy atom. The number of amides is 1. The maximum atomic E-state index is 11.9. The van der Waals surface area contributed by atoms with Gasteiger partial charge in [0.25, 0.3) is 0 Å². The van der Waals surface area contributed by atoms with Crippen LogP contribution in [0.5, 0.6) is 0 Å². The molecule has 2 heterocycles. The third-order valence-corrected chi connectivity index (χ3v) is 3.62. The highest BCUT2D eigenvalue weighted by molar-refractivity contribution is 5.79. The summed E-state index contributed by atoms with van der Waals surface area (Å²) in [6.07, 6.45) is 5.26. The normalized spacial score (nSPS) is 28.9. The number of ether oxygens (including phenoxy) is 1. The summed E-state index contributed by atoms with van der Waals surface area (Å²) in [5.74, 6) is 0.210. The molecule has 1 amide bonds. The van der Waals surface area contributed by atoms with Crippen LogP contribution in [0, 0.1) is 5.92 Å². The van der Waals surface area contributed by atoms with Gasteiger partial charge >= 0.3 is 0 Å². The van der Waals surface area contributed by atoms with Crippen molar-refractivity contribution in [1.82, 2.24) is 10.6 Å². The average molecular weight is 238 g/mol. The fraction of sp³-hybridized carbons (Fsp3) is 0.769. The Labute approximate surface area is 103 Å². The minimum absolute atomic E-state index is 0.0528. The second-order valence-corrected chi connectivity index (χ2v) is 4.83. The lowest BCUT2D eigenvalue weighted by Crippen LogP contribution is -2.35. The molecule has 0 aromatic rings. The van der Waals surface area contributed by atoms with Gasteiger partial charge in [-0.05, 0) is 32.7 Å². The molecule has 96 valence electrons. The van der Waals surface area contributed by atoms with E-state index in [1.807, 2.05) is 6.92 Å². The van der Waals surface area contributed by atoms with Gasteiger partial charge in [0.1, 0.15) is 0 Å². The molecule has 2 aliphatic heterocycles. The van der Waals surface area contributed by atoms with E-state index in [2.05, 4.69) is 16.7 Å². The van der Waals surface area contributed by atoms with E-state index in [1.54, 1.807) is 0 Å². The lowest BCUT2D eigenvalue weighted by atomic mass is 10.0. The van der Waals surface area contributed by atoms with E-state index in [9.17, 15) is 4.79 Å². The number of nitrogens with one attached hydrogen (secondary N) is 2. The van der Waals surface area contributed by atoms with Gasteiger partial charge in [-0.3, -0.25) is 4.79 Å². The molecular formula is C13H22N2O2. The quantitative estimate of drug-likeness (QED) is 0.714. The summed E-state index contributed by atoms with van der Waals surface area (Å²) in [4.78, 5) is 11.9. The van der Waals surface area contributed by atoms with Crippen molar-refractivity contribution in [3.63, 3.8) is 0 Å². The number of hydrogen-bond donors (Lipinski definition) is 2. The summed E-state index contributed by atoms with van der Waals surface area (Å²) in [6, 6.07) is 0. The molecule has 0 spiro atoms. The summed E-state index contributed by atoms with van der Waals surface area (Å²) in [7, 11) is 0. The molecule has 0 bridgehead atoms. The molecule has 0 aliphatic carbocycles. The molecule has 0 aromatic carbocycles. The predicted octanol–water partition coefficient (Wildman–Crippen LogP) is 0.837. The van der Waals surface area contributed by atoms with E-state index in [0.717, 1.165) is 45.5 Å². The molecule has 17 heavy (non-hydrogen) atoms. The Hall–Kier alpha value is -0.870. The van der Waals surface area contributed by atoms with Crippen molar-refractivity contribution in [2.45, 2.75) is 32.3 Å². The zero-order valence-electron chi connectivity index (χ0n) is 10.5. The Morgan fingerprint density at radius 3 is 3.18 bits per heavy atom. The van der Waals surface area contributed by atoms with Gasteiger partial charge in [0, 0.05) is 19.7 Å². The lowest BCUT2D eigenvalue weighted by molar-refractivity contribution is -0.126. The first-order valence-corrected chi connectivity index (χ1v) is 6.55. The van der Waals surface area contributed by atoms with Crippen LogP contribution in [-0.4, -0.2) is 38.3 Å². The fourth-order valence-electron chi connectivity index (χ4n) is 2.45. The van der Waals surface area contributed by atoms with Crippen molar-refractivity contribution in [1.29, 1.82) is 0 Å². The first-order valence-electron chi connectivity index (χ1n) is 6.55. The van der Waals surface area contributed by atoms with Crippen LogP contribution in [-0.2, 0) is 9.53 Å². The summed E-state index contributed by atoms with van der Waals surface area (Å²) in [5.41, 5.74) is 1.46. The van der Waals surface area contributed by atoms with Gasteiger partial charge in [0.15, 0.2) is 0 Å². The van der Waals surface area contributed by atoms with Crippen molar-refractivity contribution in [2.24, 2.45) is 5.92 Å². The molecule has 2 N–H and O–H groups in total. The van der Waals surface area contributed by atoms with E-state index < -0.39 is 0 Å². The van der Waals surface area contributed by atoms with Crippen molar-refractivity contribution in [3.8, 4) is 0 Å². The van der Waals surface area contributed by atoms with Crippen molar-refractivity contribution in [3.05, 3.63) is 11.6 Å². The lowest BCUT2D eigenvalue weighted by Gasteiger charge is -2.16. The summed E-state index contributed by atoms with van der Waals surface area (Å²) in [6.45, 7) is 5.49. The van der Waals surface area contributed by atoms with Gasteiger partial charge in [-0.1, -0.05) is 11.6 Å². The standard InChI is InChI=1S/C13H22N2O2/c1-10-12(5-9-17-10)13(16)15-8-4-11-2-6-14-7-3-11/h2,10,12,14H,3-9H2,1H3,(H,15,16). The Kier molecular flexibility index (Phi) is 4.57. The first-order chi connectivity index (χ1) is 8.27. The van der Waals surface area contributed by atoms with Crippen LogP contribution in [0.4, 0.5) is 0 Å². The van der Waals surface area contributed by atoms with E-state index in [0.29, 0.717) is 0 Å². The van der Waals surface area contributed by atoms with Crippen molar-refractivity contribution in [2.75, 3.05) is 26.2 Å². The third-order valence-electron chi connectivity index (χ3n) is 3.62. The monoisotopic (exact) mass is 238 g/mol. The number of rotatable bonds is 4. The van der Waals surface area contributed by atoms with Crippen LogP contribution in [0.15, 0.2) is 11.6 Å². The third kappa shape index (κ3) is 3.54. The van der Waals surface area contributed by atoms with E-state index in [-0.39, 0.29) is 17.9 Å². The Morgan fingerprint density at radius 2 is 2.53 bits per heavy atom. The molecular weight excluding hydrogens is 216 g/mol. The van der Waals surface area contributed by atoms with Gasteiger partial charge in [0.2, 0.25) is 5.91 Å². The fourth-order valence-corrected chi connectivity index (χ4v) is 2.45. The minimum Gasteiger partial charge on any atom is -0.378 e. The average Bonchev–Trinajstić information content (AvgIpc) is 2.77. The van der Waals surface area contributed by atoms with Gasteiger partial charge in [0.05, 0.1) is 12.0 Å². The topological polar surface area (TPSA) is 50.4 Å². The van der Waals surface area contributed by atoms with E-state index >= 15 is 0 Å². The van der Waals surface area contributed by atoms with Crippen molar-refractivity contribution >= 4 is 5.91 Å².